The third-order valence-electron chi connectivity index (χ3n) is 2.74. The molecular weight excluding hydrogens is 282 g/mol. The third kappa shape index (κ3) is 3.19. The summed E-state index contributed by atoms with van der Waals surface area (Å²) in [6, 6.07) is 7.71. The molecule has 0 bridgehead atoms. The van der Waals surface area contributed by atoms with E-state index in [0.29, 0.717) is 17.8 Å². The Bertz CT molecular complexity index is 732. The predicted molar refractivity (Wildman–Crippen MR) is 72.1 cm³/mol. The van der Waals surface area contributed by atoms with E-state index in [2.05, 4.69) is 5.32 Å². The summed E-state index contributed by atoms with van der Waals surface area (Å²) in [6.07, 6.45) is 0. The van der Waals surface area contributed by atoms with Gasteiger partial charge in [-0.25, -0.2) is 4.39 Å². The van der Waals surface area contributed by atoms with E-state index in [1.807, 2.05) is 0 Å². The molecule has 0 radical (unpaired) electrons. The molecular formula is C14H10F2N2O3. The Morgan fingerprint density at radius 3 is 2.57 bits per heavy atom. The molecule has 0 aliphatic carbocycles. The number of anilines is 1. The highest BCUT2D eigenvalue weighted by molar-refractivity contribution is 6.04. The zero-order chi connectivity index (χ0) is 15.6. The molecule has 0 saturated heterocycles. The number of carbonyl (C=O) groups excluding carboxylic acids is 1. The van der Waals surface area contributed by atoms with Gasteiger partial charge in [-0.05, 0) is 30.7 Å². The molecule has 1 amide bonds. The Morgan fingerprint density at radius 1 is 1.24 bits per heavy atom. The number of amides is 1. The number of carbonyl (C=O) groups is 1. The summed E-state index contributed by atoms with van der Waals surface area (Å²) in [5.74, 6) is -3.38. The number of nitrogens with one attached hydrogen (secondary N) is 1. The van der Waals surface area contributed by atoms with Crippen molar-refractivity contribution in [2.45, 2.75) is 6.92 Å². The van der Waals surface area contributed by atoms with Crippen LogP contribution in [0.4, 0.5) is 20.2 Å². The summed E-state index contributed by atoms with van der Waals surface area (Å²) in [7, 11) is 0. The lowest BCUT2D eigenvalue weighted by Crippen LogP contribution is -2.15. The monoisotopic (exact) mass is 292 g/mol. The molecule has 0 saturated carbocycles. The van der Waals surface area contributed by atoms with Crippen LogP contribution in [0.25, 0.3) is 0 Å². The molecule has 0 spiro atoms. The van der Waals surface area contributed by atoms with E-state index in [1.165, 1.54) is 0 Å². The molecule has 0 unspecified atom stereocenters. The SMILES string of the molecule is Cc1cccc(NC(=O)c2cc(F)cc([N+](=O)[O-])c2F)c1. The van der Waals surface area contributed by atoms with Gasteiger partial charge in [0.05, 0.1) is 16.6 Å². The van der Waals surface area contributed by atoms with Crippen molar-refractivity contribution in [2.75, 3.05) is 5.32 Å². The highest BCUT2D eigenvalue weighted by Gasteiger charge is 2.24. The van der Waals surface area contributed by atoms with Crippen molar-refractivity contribution in [2.24, 2.45) is 0 Å². The molecule has 5 nitrogen and oxygen atoms in total. The molecule has 0 aliphatic heterocycles. The standard InChI is InChI=1S/C14H10F2N2O3/c1-8-3-2-4-10(5-8)17-14(19)11-6-9(15)7-12(13(11)16)18(20)21/h2-7H,1H3,(H,17,19). The fourth-order valence-electron chi connectivity index (χ4n) is 1.79. The normalized spacial score (nSPS) is 10.2. The van der Waals surface area contributed by atoms with Crippen molar-refractivity contribution in [1.82, 2.24) is 0 Å². The van der Waals surface area contributed by atoms with Crippen LogP contribution in [0.5, 0.6) is 0 Å². The van der Waals surface area contributed by atoms with Gasteiger partial charge in [0.1, 0.15) is 5.82 Å². The van der Waals surface area contributed by atoms with Crippen LogP contribution < -0.4 is 5.32 Å². The maximum Gasteiger partial charge on any atom is 0.308 e. The van der Waals surface area contributed by atoms with Gasteiger partial charge in [0.15, 0.2) is 0 Å². The van der Waals surface area contributed by atoms with Gasteiger partial charge in [0.2, 0.25) is 5.82 Å². The molecule has 108 valence electrons. The lowest BCUT2D eigenvalue weighted by Gasteiger charge is -2.07. The van der Waals surface area contributed by atoms with Crippen molar-refractivity contribution in [3.63, 3.8) is 0 Å². The van der Waals surface area contributed by atoms with Crippen LogP contribution >= 0.6 is 0 Å². The third-order valence-corrected chi connectivity index (χ3v) is 2.74. The maximum atomic E-state index is 13.9. The van der Waals surface area contributed by atoms with Crippen LogP contribution in [0, 0.1) is 28.7 Å². The molecule has 0 atom stereocenters. The van der Waals surface area contributed by atoms with E-state index in [-0.39, 0.29) is 0 Å². The van der Waals surface area contributed by atoms with Crippen LogP contribution in [0.1, 0.15) is 15.9 Å². The van der Waals surface area contributed by atoms with Gasteiger partial charge in [-0.1, -0.05) is 12.1 Å². The van der Waals surface area contributed by atoms with Gasteiger partial charge in [-0.2, -0.15) is 4.39 Å². The molecule has 0 heterocycles. The predicted octanol–water partition coefficient (Wildman–Crippen LogP) is 3.43. The minimum Gasteiger partial charge on any atom is -0.322 e. The van der Waals surface area contributed by atoms with Gasteiger partial charge in [-0.3, -0.25) is 14.9 Å². The average molecular weight is 292 g/mol. The summed E-state index contributed by atoms with van der Waals surface area (Å²) < 4.78 is 27.1. The van der Waals surface area contributed by atoms with E-state index in [9.17, 15) is 23.7 Å². The number of halogens is 2. The van der Waals surface area contributed by atoms with E-state index in [4.69, 9.17) is 0 Å². The second-order valence-corrected chi connectivity index (χ2v) is 4.37. The summed E-state index contributed by atoms with van der Waals surface area (Å²) in [4.78, 5) is 21.5. The summed E-state index contributed by atoms with van der Waals surface area (Å²) >= 11 is 0. The lowest BCUT2D eigenvalue weighted by atomic mass is 10.1. The first-order valence-corrected chi connectivity index (χ1v) is 5.90. The molecule has 0 fully saturated rings. The quantitative estimate of drug-likeness (QED) is 0.695. The van der Waals surface area contributed by atoms with Crippen LogP contribution in [0.3, 0.4) is 0 Å². The summed E-state index contributed by atoms with van der Waals surface area (Å²) in [6.45, 7) is 1.79. The molecule has 2 aromatic rings. The molecule has 0 aromatic heterocycles. The van der Waals surface area contributed by atoms with Crippen molar-refractivity contribution >= 4 is 17.3 Å². The van der Waals surface area contributed by atoms with Crippen molar-refractivity contribution < 1.29 is 18.5 Å². The van der Waals surface area contributed by atoms with E-state index >= 15 is 0 Å². The number of aryl methyl sites for hydroxylation is 1. The second kappa shape index (κ2) is 5.66. The Kier molecular flexibility index (Phi) is 3.93. The number of hydrogen-bond donors (Lipinski definition) is 1. The Morgan fingerprint density at radius 2 is 1.95 bits per heavy atom. The lowest BCUT2D eigenvalue weighted by molar-refractivity contribution is -0.387. The zero-order valence-electron chi connectivity index (χ0n) is 10.9. The molecule has 0 aliphatic rings. The maximum absolute atomic E-state index is 13.9. The Balaban J connectivity index is 2.37. The topological polar surface area (TPSA) is 72.2 Å². The minimum atomic E-state index is -1.37. The van der Waals surface area contributed by atoms with Gasteiger partial charge >= 0.3 is 5.69 Å². The number of hydrogen-bond acceptors (Lipinski definition) is 3. The molecule has 1 N–H and O–H groups in total. The van der Waals surface area contributed by atoms with Gasteiger partial charge < -0.3 is 5.32 Å². The molecule has 7 heteroatoms. The minimum absolute atomic E-state index is 0.381. The number of nitro benzene ring substituents is 1. The van der Waals surface area contributed by atoms with Gasteiger partial charge in [0, 0.05) is 5.69 Å². The summed E-state index contributed by atoms with van der Waals surface area (Å²) in [5, 5.41) is 13.0. The molecule has 21 heavy (non-hydrogen) atoms. The first-order chi connectivity index (χ1) is 9.88. The molecule has 2 aromatic carbocycles. The van der Waals surface area contributed by atoms with Crippen LogP contribution in [0.15, 0.2) is 36.4 Å². The number of rotatable bonds is 3. The van der Waals surface area contributed by atoms with E-state index in [0.717, 1.165) is 5.56 Å². The Labute approximate surface area is 118 Å². The number of nitro groups is 1. The largest absolute Gasteiger partial charge is 0.322 e. The van der Waals surface area contributed by atoms with Crippen molar-refractivity contribution in [1.29, 1.82) is 0 Å². The first kappa shape index (κ1) is 14.6. The first-order valence-electron chi connectivity index (χ1n) is 5.90. The van der Waals surface area contributed by atoms with Gasteiger partial charge in [-0.15, -0.1) is 0 Å². The second-order valence-electron chi connectivity index (χ2n) is 4.37. The fraction of sp³-hybridized carbons (Fsp3) is 0.0714. The van der Waals surface area contributed by atoms with E-state index in [1.54, 1.807) is 31.2 Å². The Hall–Kier alpha value is -2.83. The molecule has 2 rings (SSSR count). The zero-order valence-corrected chi connectivity index (χ0v) is 10.9. The van der Waals surface area contributed by atoms with Crippen LogP contribution in [0.2, 0.25) is 0 Å². The highest BCUT2D eigenvalue weighted by Crippen LogP contribution is 2.23. The van der Waals surface area contributed by atoms with Crippen LogP contribution in [-0.4, -0.2) is 10.8 Å². The fourth-order valence-corrected chi connectivity index (χ4v) is 1.79. The van der Waals surface area contributed by atoms with Gasteiger partial charge in [0.25, 0.3) is 5.91 Å². The average Bonchev–Trinajstić information content (AvgIpc) is 2.40. The van der Waals surface area contributed by atoms with E-state index < -0.39 is 33.7 Å². The van der Waals surface area contributed by atoms with Crippen LogP contribution in [-0.2, 0) is 0 Å². The highest BCUT2D eigenvalue weighted by atomic mass is 19.1. The summed E-state index contributed by atoms with van der Waals surface area (Å²) in [5.41, 5.74) is -0.558. The number of nitrogens with zero attached hydrogens (tertiary/aromatic N) is 1. The van der Waals surface area contributed by atoms with Crippen molar-refractivity contribution in [3.05, 3.63) is 69.3 Å². The smallest absolute Gasteiger partial charge is 0.308 e. The number of benzene rings is 2. The van der Waals surface area contributed by atoms with Crippen molar-refractivity contribution in [3.8, 4) is 0 Å².